The van der Waals surface area contributed by atoms with Crippen LogP contribution in [0, 0.1) is 19.8 Å². The largest absolute Gasteiger partial charge is 0.339 e. The van der Waals surface area contributed by atoms with Crippen molar-refractivity contribution in [2.24, 2.45) is 5.92 Å². The molecular formula is C23H30N4O2. The molecule has 2 aromatic rings. The van der Waals surface area contributed by atoms with E-state index >= 15 is 0 Å². The van der Waals surface area contributed by atoms with Gasteiger partial charge in [0.25, 0.3) is 5.91 Å². The first-order valence-electron chi connectivity index (χ1n) is 10.7. The van der Waals surface area contributed by atoms with Crippen LogP contribution in [0.25, 0.3) is 11.3 Å². The molecule has 0 spiro atoms. The van der Waals surface area contributed by atoms with E-state index in [1.807, 2.05) is 21.9 Å². The summed E-state index contributed by atoms with van der Waals surface area (Å²) in [6.45, 7) is 6.53. The van der Waals surface area contributed by atoms with Crippen molar-refractivity contribution in [3.63, 3.8) is 0 Å². The molecule has 0 unspecified atom stereocenters. The lowest BCUT2D eigenvalue weighted by atomic mass is 9.88. The Balaban J connectivity index is 1.37. The van der Waals surface area contributed by atoms with Gasteiger partial charge in [-0.05, 0) is 38.3 Å². The highest BCUT2D eigenvalue weighted by molar-refractivity contribution is 5.93. The zero-order chi connectivity index (χ0) is 20.4. The molecule has 6 heteroatoms. The van der Waals surface area contributed by atoms with E-state index < -0.39 is 0 Å². The molecule has 2 heterocycles. The third kappa shape index (κ3) is 4.21. The summed E-state index contributed by atoms with van der Waals surface area (Å²) < 4.78 is 0. The molecule has 2 amide bonds. The van der Waals surface area contributed by atoms with Crippen LogP contribution in [-0.4, -0.2) is 58.0 Å². The van der Waals surface area contributed by atoms with E-state index in [0.29, 0.717) is 31.9 Å². The van der Waals surface area contributed by atoms with Gasteiger partial charge in [0.05, 0.1) is 5.69 Å². The highest BCUT2D eigenvalue weighted by Gasteiger charge is 2.30. The number of carbonyl (C=O) groups is 2. The SMILES string of the molecule is Cc1ccc(-c2cc(C(=O)N3CCN(C(=O)C4CCCCC4)CC3)[nH]n2)c(C)c1. The molecule has 0 bridgehead atoms. The van der Waals surface area contributed by atoms with Gasteiger partial charge in [0, 0.05) is 37.7 Å². The Labute approximate surface area is 172 Å². The van der Waals surface area contributed by atoms with Gasteiger partial charge in [-0.3, -0.25) is 14.7 Å². The van der Waals surface area contributed by atoms with E-state index in [9.17, 15) is 9.59 Å². The fourth-order valence-corrected chi connectivity index (χ4v) is 4.58. The van der Waals surface area contributed by atoms with Gasteiger partial charge in [0.2, 0.25) is 5.91 Å². The van der Waals surface area contributed by atoms with E-state index in [-0.39, 0.29) is 17.7 Å². The second-order valence-corrected chi connectivity index (χ2v) is 8.44. The zero-order valence-corrected chi connectivity index (χ0v) is 17.4. The van der Waals surface area contributed by atoms with Gasteiger partial charge in [-0.15, -0.1) is 0 Å². The molecule has 1 saturated carbocycles. The highest BCUT2D eigenvalue weighted by atomic mass is 16.2. The van der Waals surface area contributed by atoms with Gasteiger partial charge < -0.3 is 9.80 Å². The Kier molecular flexibility index (Phi) is 5.69. The average Bonchev–Trinajstić information content (AvgIpc) is 3.23. The number of nitrogens with zero attached hydrogens (tertiary/aromatic N) is 3. The molecule has 1 saturated heterocycles. The van der Waals surface area contributed by atoms with E-state index in [4.69, 9.17) is 0 Å². The lowest BCUT2D eigenvalue weighted by Gasteiger charge is -2.37. The molecule has 1 N–H and O–H groups in total. The number of nitrogens with one attached hydrogen (secondary N) is 1. The second-order valence-electron chi connectivity index (χ2n) is 8.44. The van der Waals surface area contributed by atoms with Gasteiger partial charge in [-0.25, -0.2) is 0 Å². The van der Waals surface area contributed by atoms with Gasteiger partial charge in [-0.2, -0.15) is 5.10 Å². The van der Waals surface area contributed by atoms with Crippen molar-refractivity contribution in [3.8, 4) is 11.3 Å². The minimum absolute atomic E-state index is 0.0433. The molecule has 4 rings (SSSR count). The van der Waals surface area contributed by atoms with Crippen LogP contribution in [0.2, 0.25) is 0 Å². The van der Waals surface area contributed by atoms with Crippen LogP contribution >= 0.6 is 0 Å². The third-order valence-electron chi connectivity index (χ3n) is 6.30. The number of aromatic nitrogens is 2. The number of hydrogen-bond acceptors (Lipinski definition) is 3. The van der Waals surface area contributed by atoms with Gasteiger partial charge in [0.15, 0.2) is 0 Å². The summed E-state index contributed by atoms with van der Waals surface area (Å²) in [6, 6.07) is 8.05. The number of aromatic amines is 1. The monoisotopic (exact) mass is 394 g/mol. The molecule has 2 aliphatic rings. The lowest BCUT2D eigenvalue weighted by Crippen LogP contribution is -2.52. The zero-order valence-electron chi connectivity index (χ0n) is 17.4. The molecular weight excluding hydrogens is 364 g/mol. The molecule has 0 atom stereocenters. The predicted octanol–water partition coefficient (Wildman–Crippen LogP) is 3.56. The Hall–Kier alpha value is -2.63. The number of piperazine rings is 1. The smallest absolute Gasteiger partial charge is 0.272 e. The molecule has 1 aliphatic carbocycles. The van der Waals surface area contributed by atoms with Crippen molar-refractivity contribution in [2.45, 2.75) is 46.0 Å². The summed E-state index contributed by atoms with van der Waals surface area (Å²) in [5, 5.41) is 7.27. The van der Waals surface area contributed by atoms with Crippen molar-refractivity contribution in [1.29, 1.82) is 0 Å². The molecule has 1 aromatic carbocycles. The average molecular weight is 395 g/mol. The van der Waals surface area contributed by atoms with Crippen molar-refractivity contribution in [3.05, 3.63) is 41.1 Å². The van der Waals surface area contributed by atoms with E-state index in [1.54, 1.807) is 0 Å². The normalized spacial score (nSPS) is 18.1. The summed E-state index contributed by atoms with van der Waals surface area (Å²) in [5.41, 5.74) is 4.68. The highest BCUT2D eigenvalue weighted by Crippen LogP contribution is 2.26. The molecule has 2 fully saturated rings. The maximum Gasteiger partial charge on any atom is 0.272 e. The first kappa shape index (κ1) is 19.7. The predicted molar refractivity (Wildman–Crippen MR) is 113 cm³/mol. The first-order chi connectivity index (χ1) is 14.0. The minimum atomic E-state index is -0.0433. The Morgan fingerprint density at radius 1 is 0.966 bits per heavy atom. The summed E-state index contributed by atoms with van der Waals surface area (Å²) in [6.07, 6.45) is 5.62. The Morgan fingerprint density at radius 2 is 1.66 bits per heavy atom. The maximum atomic E-state index is 12.9. The van der Waals surface area contributed by atoms with Crippen molar-refractivity contribution in [2.75, 3.05) is 26.2 Å². The molecule has 154 valence electrons. The van der Waals surface area contributed by atoms with Crippen molar-refractivity contribution >= 4 is 11.8 Å². The quantitative estimate of drug-likeness (QED) is 0.865. The summed E-state index contributed by atoms with van der Waals surface area (Å²) in [5.74, 6) is 0.438. The van der Waals surface area contributed by atoms with Crippen LogP contribution in [-0.2, 0) is 4.79 Å². The third-order valence-corrected chi connectivity index (χ3v) is 6.30. The summed E-state index contributed by atoms with van der Waals surface area (Å²) in [7, 11) is 0. The number of aryl methyl sites for hydroxylation is 2. The van der Waals surface area contributed by atoms with E-state index in [0.717, 1.165) is 42.5 Å². The number of H-pyrrole nitrogens is 1. The number of carbonyl (C=O) groups excluding carboxylic acids is 2. The fourth-order valence-electron chi connectivity index (χ4n) is 4.58. The van der Waals surface area contributed by atoms with E-state index in [1.165, 1.54) is 12.0 Å². The van der Waals surface area contributed by atoms with E-state index in [2.05, 4.69) is 36.2 Å². The van der Waals surface area contributed by atoms with Crippen LogP contribution in [0.5, 0.6) is 0 Å². The molecule has 29 heavy (non-hydrogen) atoms. The molecule has 1 aliphatic heterocycles. The van der Waals surface area contributed by atoms with Crippen LogP contribution in [0.3, 0.4) is 0 Å². The van der Waals surface area contributed by atoms with Gasteiger partial charge in [0.1, 0.15) is 5.69 Å². The molecule has 6 nitrogen and oxygen atoms in total. The summed E-state index contributed by atoms with van der Waals surface area (Å²) >= 11 is 0. The van der Waals surface area contributed by atoms with Crippen LogP contribution in [0.4, 0.5) is 0 Å². The maximum absolute atomic E-state index is 12.9. The topological polar surface area (TPSA) is 69.3 Å². The van der Waals surface area contributed by atoms with Crippen LogP contribution in [0.1, 0.15) is 53.7 Å². The van der Waals surface area contributed by atoms with Crippen LogP contribution in [0.15, 0.2) is 24.3 Å². The second kappa shape index (κ2) is 8.39. The lowest BCUT2D eigenvalue weighted by molar-refractivity contribution is -0.138. The number of benzene rings is 1. The number of hydrogen-bond donors (Lipinski definition) is 1. The molecule has 0 radical (unpaired) electrons. The molecule has 1 aromatic heterocycles. The number of amides is 2. The van der Waals surface area contributed by atoms with Crippen LogP contribution < -0.4 is 0 Å². The van der Waals surface area contributed by atoms with Crippen molar-refractivity contribution in [1.82, 2.24) is 20.0 Å². The fraction of sp³-hybridized carbons (Fsp3) is 0.522. The van der Waals surface area contributed by atoms with Gasteiger partial charge in [-0.1, -0.05) is 43.0 Å². The number of rotatable bonds is 3. The standard InChI is InChI=1S/C23H30N4O2/c1-16-8-9-19(17(2)14-16)20-15-21(25-24-20)23(29)27-12-10-26(11-13-27)22(28)18-6-4-3-5-7-18/h8-9,14-15,18H,3-7,10-13H2,1-2H3,(H,24,25). The Morgan fingerprint density at radius 3 is 2.34 bits per heavy atom. The van der Waals surface area contributed by atoms with Crippen molar-refractivity contribution < 1.29 is 9.59 Å². The van der Waals surface area contributed by atoms with Gasteiger partial charge >= 0.3 is 0 Å². The Bertz CT molecular complexity index is 890. The minimum Gasteiger partial charge on any atom is -0.339 e. The first-order valence-corrected chi connectivity index (χ1v) is 10.7. The summed E-state index contributed by atoms with van der Waals surface area (Å²) in [4.78, 5) is 29.4.